The minimum absolute atomic E-state index is 0.0372. The predicted octanol–water partition coefficient (Wildman–Crippen LogP) is 3.03. The van der Waals surface area contributed by atoms with E-state index in [4.69, 9.17) is 0 Å². The lowest BCUT2D eigenvalue weighted by molar-refractivity contribution is 0.0601. The molecule has 3 nitrogen and oxygen atoms in total. The molecule has 0 aromatic heterocycles. The molecule has 20 heavy (non-hydrogen) atoms. The fourth-order valence-electron chi connectivity index (χ4n) is 2.70. The standard InChI is InChI=1S/C15H20FIN2O/c1-18-8-7-12-4-2-3-9-19(12)15(20)13-6-5-11(16)10-14(13)17/h5-6,10,12,18H,2-4,7-9H2,1H3. The highest BCUT2D eigenvalue weighted by Gasteiger charge is 2.28. The van der Waals surface area contributed by atoms with E-state index in [1.807, 2.05) is 34.5 Å². The number of halogens is 2. The van der Waals surface area contributed by atoms with Crippen LogP contribution in [0.25, 0.3) is 0 Å². The van der Waals surface area contributed by atoms with Crippen LogP contribution in [0.1, 0.15) is 36.0 Å². The number of nitrogens with zero attached hydrogens (tertiary/aromatic N) is 1. The van der Waals surface area contributed by atoms with Crippen molar-refractivity contribution < 1.29 is 9.18 Å². The van der Waals surface area contributed by atoms with Crippen molar-refractivity contribution in [2.45, 2.75) is 31.7 Å². The molecule has 0 saturated carbocycles. The number of hydrogen-bond donors (Lipinski definition) is 1. The number of rotatable bonds is 4. The van der Waals surface area contributed by atoms with Crippen molar-refractivity contribution in [2.24, 2.45) is 0 Å². The number of likely N-dealkylation sites (tertiary alicyclic amines) is 1. The minimum Gasteiger partial charge on any atom is -0.336 e. The topological polar surface area (TPSA) is 32.3 Å². The highest BCUT2D eigenvalue weighted by atomic mass is 127. The van der Waals surface area contributed by atoms with Gasteiger partial charge in [-0.15, -0.1) is 0 Å². The molecule has 1 aromatic rings. The zero-order valence-electron chi connectivity index (χ0n) is 11.7. The Morgan fingerprint density at radius 2 is 2.30 bits per heavy atom. The average molecular weight is 390 g/mol. The number of carbonyl (C=O) groups excluding carboxylic acids is 1. The van der Waals surface area contributed by atoms with Crippen molar-refractivity contribution in [3.8, 4) is 0 Å². The third-order valence-corrected chi connectivity index (χ3v) is 4.67. The van der Waals surface area contributed by atoms with Gasteiger partial charge in [0.2, 0.25) is 0 Å². The maximum absolute atomic E-state index is 13.2. The second-order valence-electron chi connectivity index (χ2n) is 5.16. The lowest BCUT2D eigenvalue weighted by Crippen LogP contribution is -2.45. The van der Waals surface area contributed by atoms with E-state index in [9.17, 15) is 9.18 Å². The van der Waals surface area contributed by atoms with Crippen LogP contribution in [0.5, 0.6) is 0 Å². The highest BCUT2D eigenvalue weighted by molar-refractivity contribution is 14.1. The van der Waals surface area contributed by atoms with Crippen molar-refractivity contribution in [3.63, 3.8) is 0 Å². The van der Waals surface area contributed by atoms with Crippen LogP contribution in [0.2, 0.25) is 0 Å². The number of piperidine rings is 1. The lowest BCUT2D eigenvalue weighted by Gasteiger charge is -2.36. The SMILES string of the molecule is CNCCC1CCCCN1C(=O)c1ccc(F)cc1I. The summed E-state index contributed by atoms with van der Waals surface area (Å²) in [5, 5.41) is 3.14. The van der Waals surface area contributed by atoms with Crippen LogP contribution in [0.4, 0.5) is 4.39 Å². The summed E-state index contributed by atoms with van der Waals surface area (Å²) < 4.78 is 13.8. The fourth-order valence-corrected chi connectivity index (χ4v) is 3.40. The van der Waals surface area contributed by atoms with Crippen LogP contribution in [-0.4, -0.2) is 37.0 Å². The van der Waals surface area contributed by atoms with Gasteiger partial charge in [0.25, 0.3) is 5.91 Å². The molecular formula is C15H20FIN2O. The molecule has 0 radical (unpaired) electrons. The molecule has 1 amide bonds. The zero-order valence-corrected chi connectivity index (χ0v) is 13.8. The van der Waals surface area contributed by atoms with Gasteiger partial charge in [0.15, 0.2) is 0 Å². The van der Waals surface area contributed by atoms with E-state index in [0.717, 1.165) is 32.4 Å². The molecule has 2 rings (SSSR count). The third kappa shape index (κ3) is 3.69. The van der Waals surface area contributed by atoms with Crippen molar-refractivity contribution >= 4 is 28.5 Å². The molecule has 5 heteroatoms. The Morgan fingerprint density at radius 1 is 1.50 bits per heavy atom. The van der Waals surface area contributed by atoms with E-state index in [-0.39, 0.29) is 11.7 Å². The Balaban J connectivity index is 2.16. The summed E-state index contributed by atoms with van der Waals surface area (Å²) in [6, 6.07) is 4.68. The summed E-state index contributed by atoms with van der Waals surface area (Å²) in [5.74, 6) is -0.258. The van der Waals surface area contributed by atoms with Gasteiger partial charge in [-0.3, -0.25) is 4.79 Å². The molecule has 1 saturated heterocycles. The number of carbonyl (C=O) groups is 1. The number of nitrogens with one attached hydrogen (secondary N) is 1. The second-order valence-corrected chi connectivity index (χ2v) is 6.33. The Hall–Kier alpha value is -0.690. The smallest absolute Gasteiger partial charge is 0.255 e. The molecular weight excluding hydrogens is 370 g/mol. The summed E-state index contributed by atoms with van der Waals surface area (Å²) in [6.45, 7) is 1.72. The fraction of sp³-hybridized carbons (Fsp3) is 0.533. The van der Waals surface area contributed by atoms with Crippen molar-refractivity contribution in [1.29, 1.82) is 0 Å². The number of hydrogen-bond acceptors (Lipinski definition) is 2. The van der Waals surface area contributed by atoms with Crippen LogP contribution < -0.4 is 5.32 Å². The van der Waals surface area contributed by atoms with E-state index in [0.29, 0.717) is 15.2 Å². The Morgan fingerprint density at radius 3 is 3.00 bits per heavy atom. The van der Waals surface area contributed by atoms with E-state index in [1.165, 1.54) is 18.6 Å². The molecule has 1 aliphatic heterocycles. The van der Waals surface area contributed by atoms with E-state index in [1.54, 1.807) is 6.07 Å². The first kappa shape index (κ1) is 15.7. The number of amides is 1. The highest BCUT2D eigenvalue weighted by Crippen LogP contribution is 2.24. The van der Waals surface area contributed by atoms with Gasteiger partial charge >= 0.3 is 0 Å². The van der Waals surface area contributed by atoms with Crippen molar-refractivity contribution in [1.82, 2.24) is 10.2 Å². The van der Waals surface area contributed by atoms with Gasteiger partial charge in [-0.2, -0.15) is 0 Å². The molecule has 0 aliphatic carbocycles. The Labute approximate surface area is 133 Å². The molecule has 1 fully saturated rings. The van der Waals surface area contributed by atoms with Crippen LogP contribution >= 0.6 is 22.6 Å². The summed E-state index contributed by atoms with van der Waals surface area (Å²) in [4.78, 5) is 14.7. The molecule has 0 bridgehead atoms. The maximum Gasteiger partial charge on any atom is 0.255 e. The average Bonchev–Trinajstić information content (AvgIpc) is 2.45. The van der Waals surface area contributed by atoms with Gasteiger partial charge in [-0.1, -0.05) is 0 Å². The first-order valence-corrected chi connectivity index (χ1v) is 8.12. The van der Waals surface area contributed by atoms with Crippen molar-refractivity contribution in [2.75, 3.05) is 20.1 Å². The predicted molar refractivity (Wildman–Crippen MR) is 86.3 cm³/mol. The Kier molecular flexibility index (Phi) is 5.77. The van der Waals surface area contributed by atoms with Gasteiger partial charge in [-0.05, 0) is 80.1 Å². The van der Waals surface area contributed by atoms with E-state index in [2.05, 4.69) is 5.32 Å². The minimum atomic E-state index is -0.295. The van der Waals surface area contributed by atoms with E-state index < -0.39 is 0 Å². The quantitative estimate of drug-likeness (QED) is 0.802. The lowest BCUT2D eigenvalue weighted by atomic mass is 9.98. The molecule has 1 aliphatic rings. The monoisotopic (exact) mass is 390 g/mol. The van der Waals surface area contributed by atoms with Gasteiger partial charge < -0.3 is 10.2 Å². The van der Waals surface area contributed by atoms with Crippen LogP contribution in [0, 0.1) is 9.39 Å². The second kappa shape index (κ2) is 7.36. The molecule has 1 atom stereocenters. The third-order valence-electron chi connectivity index (χ3n) is 3.78. The van der Waals surface area contributed by atoms with Crippen LogP contribution in [0.15, 0.2) is 18.2 Å². The maximum atomic E-state index is 13.2. The summed E-state index contributed by atoms with van der Waals surface area (Å²) >= 11 is 2.03. The molecule has 1 unspecified atom stereocenters. The zero-order chi connectivity index (χ0) is 14.5. The number of benzene rings is 1. The molecule has 1 heterocycles. The summed E-state index contributed by atoms with van der Waals surface area (Å²) in [7, 11) is 1.93. The van der Waals surface area contributed by atoms with Gasteiger partial charge in [0, 0.05) is 16.2 Å². The molecule has 1 N–H and O–H groups in total. The first-order chi connectivity index (χ1) is 9.63. The van der Waals surface area contributed by atoms with Gasteiger partial charge in [-0.25, -0.2) is 4.39 Å². The van der Waals surface area contributed by atoms with Crippen LogP contribution in [0.3, 0.4) is 0 Å². The van der Waals surface area contributed by atoms with E-state index >= 15 is 0 Å². The normalized spacial score (nSPS) is 19.1. The summed E-state index contributed by atoms with van der Waals surface area (Å²) in [5.41, 5.74) is 0.614. The van der Waals surface area contributed by atoms with Gasteiger partial charge in [0.05, 0.1) is 5.56 Å². The molecule has 110 valence electrons. The van der Waals surface area contributed by atoms with Gasteiger partial charge in [0.1, 0.15) is 5.82 Å². The summed E-state index contributed by atoms with van der Waals surface area (Å²) in [6.07, 6.45) is 4.27. The van der Waals surface area contributed by atoms with Crippen LogP contribution in [-0.2, 0) is 0 Å². The van der Waals surface area contributed by atoms with Crippen molar-refractivity contribution in [3.05, 3.63) is 33.1 Å². The Bertz CT molecular complexity index is 481. The molecule has 1 aromatic carbocycles. The molecule has 0 spiro atoms. The first-order valence-electron chi connectivity index (χ1n) is 7.04. The largest absolute Gasteiger partial charge is 0.336 e.